The summed E-state index contributed by atoms with van der Waals surface area (Å²) in [5.74, 6) is 0. The summed E-state index contributed by atoms with van der Waals surface area (Å²) < 4.78 is 1.16. The Morgan fingerprint density at radius 1 is 1.14 bits per heavy atom. The minimum absolute atomic E-state index is 0.144. The summed E-state index contributed by atoms with van der Waals surface area (Å²) in [7, 11) is 0. The Labute approximate surface area is 146 Å². The average Bonchev–Trinajstić information content (AvgIpc) is 2.42. The molecule has 1 nitrogen and oxygen atoms in total. The topological polar surface area (TPSA) is 12.0 Å². The molecule has 3 heteroatoms. The minimum Gasteiger partial charge on any atom is -0.382 e. The van der Waals surface area contributed by atoms with Crippen LogP contribution in [0.3, 0.4) is 0 Å². The summed E-state index contributed by atoms with van der Waals surface area (Å²) in [5.41, 5.74) is 2.67. The monoisotopic (exact) mass is 413 g/mol. The Balaban J connectivity index is 2.06. The van der Waals surface area contributed by atoms with Gasteiger partial charge in [-0.2, -0.15) is 0 Å². The first-order valence-electron chi connectivity index (χ1n) is 7.15. The van der Waals surface area contributed by atoms with Crippen LogP contribution in [0.4, 0.5) is 5.69 Å². The fourth-order valence-electron chi connectivity index (χ4n) is 2.70. The highest BCUT2D eigenvalue weighted by Crippen LogP contribution is 2.30. The van der Waals surface area contributed by atoms with E-state index in [1.54, 1.807) is 0 Å². The molecule has 0 heterocycles. The van der Waals surface area contributed by atoms with Crippen LogP contribution in [0.1, 0.15) is 32.8 Å². The van der Waals surface area contributed by atoms with Crippen LogP contribution >= 0.6 is 34.2 Å². The first-order valence-corrected chi connectivity index (χ1v) is 8.61. The summed E-state index contributed by atoms with van der Waals surface area (Å²) in [5, 5.41) is 4.38. The molecule has 0 bridgehead atoms. The van der Waals surface area contributed by atoms with Gasteiger partial charge in [-0.25, -0.2) is 0 Å². The standard InChI is InChI=1S/C18H21ClIN/c1-13(21-17-10-9-15(19)11-16(17)20)12-18(2,3)14-7-5-4-6-8-14/h4-11,13,21H,12H2,1-3H3. The van der Waals surface area contributed by atoms with E-state index in [9.17, 15) is 0 Å². The quantitative estimate of drug-likeness (QED) is 0.583. The van der Waals surface area contributed by atoms with E-state index in [1.807, 2.05) is 12.1 Å². The van der Waals surface area contributed by atoms with Crippen molar-refractivity contribution in [3.63, 3.8) is 0 Å². The highest BCUT2D eigenvalue weighted by atomic mass is 127. The van der Waals surface area contributed by atoms with Crippen molar-refractivity contribution >= 4 is 39.9 Å². The fourth-order valence-corrected chi connectivity index (χ4v) is 3.72. The Morgan fingerprint density at radius 3 is 2.43 bits per heavy atom. The van der Waals surface area contributed by atoms with Crippen LogP contribution in [-0.4, -0.2) is 6.04 Å². The van der Waals surface area contributed by atoms with Gasteiger partial charge in [-0.15, -0.1) is 0 Å². The predicted octanol–water partition coefficient (Wildman–Crippen LogP) is 6.11. The highest BCUT2D eigenvalue weighted by molar-refractivity contribution is 14.1. The van der Waals surface area contributed by atoms with Crippen molar-refractivity contribution in [2.45, 2.75) is 38.6 Å². The second kappa shape index (κ2) is 7.01. The zero-order chi connectivity index (χ0) is 15.5. The van der Waals surface area contributed by atoms with Gasteiger partial charge >= 0.3 is 0 Å². The van der Waals surface area contributed by atoms with E-state index in [0.717, 1.165) is 20.7 Å². The lowest BCUT2D eigenvalue weighted by Gasteiger charge is -2.30. The lowest BCUT2D eigenvalue weighted by Crippen LogP contribution is -2.28. The van der Waals surface area contributed by atoms with Gasteiger partial charge < -0.3 is 5.32 Å². The molecular formula is C18H21ClIN. The van der Waals surface area contributed by atoms with Crippen molar-refractivity contribution in [1.29, 1.82) is 0 Å². The third kappa shape index (κ3) is 4.62. The number of hydrogen-bond donors (Lipinski definition) is 1. The second-order valence-electron chi connectivity index (χ2n) is 6.12. The first kappa shape index (κ1) is 16.6. The molecule has 1 N–H and O–H groups in total. The third-order valence-electron chi connectivity index (χ3n) is 3.70. The molecule has 1 unspecified atom stereocenters. The van der Waals surface area contributed by atoms with Crippen LogP contribution in [0, 0.1) is 3.57 Å². The summed E-state index contributed by atoms with van der Waals surface area (Å²) >= 11 is 8.33. The Bertz CT molecular complexity index is 595. The summed E-state index contributed by atoms with van der Waals surface area (Å²) in [6.07, 6.45) is 1.07. The molecular weight excluding hydrogens is 393 g/mol. The van der Waals surface area contributed by atoms with E-state index >= 15 is 0 Å². The third-order valence-corrected chi connectivity index (χ3v) is 4.83. The Kier molecular flexibility index (Phi) is 5.55. The SMILES string of the molecule is CC(CC(C)(C)c1ccccc1)Nc1ccc(Cl)cc1I. The van der Waals surface area contributed by atoms with Gasteiger partial charge in [-0.3, -0.25) is 0 Å². The summed E-state index contributed by atoms with van der Waals surface area (Å²) in [6, 6.07) is 17.1. The van der Waals surface area contributed by atoms with Gasteiger partial charge in [0, 0.05) is 20.3 Å². The van der Waals surface area contributed by atoms with Crippen LogP contribution in [0.15, 0.2) is 48.5 Å². The van der Waals surface area contributed by atoms with E-state index in [-0.39, 0.29) is 5.41 Å². The molecule has 1 atom stereocenters. The average molecular weight is 414 g/mol. The van der Waals surface area contributed by atoms with Gasteiger partial charge in [0.1, 0.15) is 0 Å². The Morgan fingerprint density at radius 2 is 1.81 bits per heavy atom. The molecule has 0 radical (unpaired) electrons. The summed E-state index contributed by atoms with van der Waals surface area (Å²) in [6.45, 7) is 6.83. The highest BCUT2D eigenvalue weighted by Gasteiger charge is 2.23. The van der Waals surface area contributed by atoms with Crippen molar-refractivity contribution < 1.29 is 0 Å². The molecule has 0 aromatic heterocycles. The van der Waals surface area contributed by atoms with Crippen LogP contribution < -0.4 is 5.32 Å². The predicted molar refractivity (Wildman–Crippen MR) is 101 cm³/mol. The molecule has 0 aliphatic rings. The van der Waals surface area contributed by atoms with Crippen molar-refractivity contribution in [2.24, 2.45) is 0 Å². The lowest BCUT2D eigenvalue weighted by molar-refractivity contribution is 0.450. The molecule has 0 aliphatic heterocycles. The second-order valence-corrected chi connectivity index (χ2v) is 7.72. The molecule has 2 aromatic rings. The Hall–Kier alpha value is -0.740. The molecule has 0 fully saturated rings. The maximum atomic E-state index is 6.01. The molecule has 0 aliphatic carbocycles. The fraction of sp³-hybridized carbons (Fsp3) is 0.333. The molecule has 2 aromatic carbocycles. The largest absolute Gasteiger partial charge is 0.382 e. The maximum Gasteiger partial charge on any atom is 0.0478 e. The minimum atomic E-state index is 0.144. The van der Waals surface area contributed by atoms with Crippen molar-refractivity contribution in [2.75, 3.05) is 5.32 Å². The molecule has 2 rings (SSSR count). The van der Waals surface area contributed by atoms with Crippen LogP contribution in [-0.2, 0) is 5.41 Å². The van der Waals surface area contributed by atoms with Crippen molar-refractivity contribution in [3.05, 3.63) is 62.7 Å². The number of nitrogens with one attached hydrogen (secondary N) is 1. The van der Waals surface area contributed by atoms with Crippen LogP contribution in [0.25, 0.3) is 0 Å². The number of benzene rings is 2. The van der Waals surface area contributed by atoms with Crippen molar-refractivity contribution in [3.8, 4) is 0 Å². The van der Waals surface area contributed by atoms with E-state index < -0.39 is 0 Å². The van der Waals surface area contributed by atoms with Crippen LogP contribution in [0.2, 0.25) is 5.02 Å². The van der Waals surface area contributed by atoms with Gasteiger partial charge in [-0.1, -0.05) is 55.8 Å². The molecule has 0 amide bonds. The number of anilines is 1. The van der Waals surface area contributed by atoms with Crippen molar-refractivity contribution in [1.82, 2.24) is 0 Å². The van der Waals surface area contributed by atoms with Gasteiger partial charge in [0.15, 0.2) is 0 Å². The maximum absolute atomic E-state index is 6.01. The van der Waals surface area contributed by atoms with Gasteiger partial charge in [0.25, 0.3) is 0 Å². The molecule has 112 valence electrons. The van der Waals surface area contributed by atoms with E-state index in [4.69, 9.17) is 11.6 Å². The normalized spacial score (nSPS) is 13.0. The van der Waals surface area contributed by atoms with E-state index in [2.05, 4.69) is 85.1 Å². The lowest BCUT2D eigenvalue weighted by atomic mass is 9.79. The van der Waals surface area contributed by atoms with E-state index in [0.29, 0.717) is 6.04 Å². The zero-order valence-corrected chi connectivity index (χ0v) is 15.6. The molecule has 0 saturated carbocycles. The number of rotatable bonds is 5. The smallest absolute Gasteiger partial charge is 0.0478 e. The zero-order valence-electron chi connectivity index (χ0n) is 12.7. The number of halogens is 2. The van der Waals surface area contributed by atoms with Gasteiger partial charge in [0.2, 0.25) is 0 Å². The first-order chi connectivity index (χ1) is 9.88. The molecule has 0 spiro atoms. The molecule has 21 heavy (non-hydrogen) atoms. The molecule has 0 saturated heterocycles. The van der Waals surface area contributed by atoms with Gasteiger partial charge in [-0.05, 0) is 65.1 Å². The van der Waals surface area contributed by atoms with E-state index in [1.165, 1.54) is 5.56 Å². The van der Waals surface area contributed by atoms with Gasteiger partial charge in [0.05, 0.1) is 0 Å². The number of hydrogen-bond acceptors (Lipinski definition) is 1. The summed E-state index contributed by atoms with van der Waals surface area (Å²) in [4.78, 5) is 0. The van der Waals surface area contributed by atoms with Crippen LogP contribution in [0.5, 0.6) is 0 Å².